The number of allylic oxidation sites excluding steroid dienone is 2. The summed E-state index contributed by atoms with van der Waals surface area (Å²) in [5.41, 5.74) is 0. The van der Waals surface area contributed by atoms with Crippen LogP contribution in [-0.4, -0.2) is 5.97 Å². The maximum absolute atomic E-state index is 13.1. The molecule has 5 heteroatoms. The van der Waals surface area contributed by atoms with Crippen LogP contribution in [0, 0.1) is 34.8 Å². The van der Waals surface area contributed by atoms with Crippen molar-refractivity contribution in [1.82, 2.24) is 0 Å². The Morgan fingerprint density at radius 3 is 2.65 bits per heavy atom. The summed E-state index contributed by atoms with van der Waals surface area (Å²) in [6.07, 6.45) is 8.62. The molecule has 2 rings (SSSR count). The second-order valence-corrected chi connectivity index (χ2v) is 5.82. The molecule has 122 valence electrons. The van der Waals surface area contributed by atoms with E-state index in [0.717, 1.165) is 50.7 Å². The first-order valence-corrected chi connectivity index (χ1v) is 7.81. The van der Waals surface area contributed by atoms with Crippen LogP contribution in [-0.2, 0) is 4.79 Å². The van der Waals surface area contributed by atoms with Gasteiger partial charge in [-0.25, -0.2) is 8.78 Å². The number of nitrogens with zero attached hydrogens (tertiary/aromatic N) is 1. The fraction of sp³-hybridized carbons (Fsp3) is 0.444. The Hall–Kier alpha value is -2.22. The Balaban J connectivity index is 1.78. The van der Waals surface area contributed by atoms with Crippen LogP contribution in [0.5, 0.6) is 5.75 Å². The number of rotatable bonds is 5. The van der Waals surface area contributed by atoms with Gasteiger partial charge in [-0.05, 0) is 56.6 Å². The number of hydrogen-bond donors (Lipinski definition) is 0. The topological polar surface area (TPSA) is 50.1 Å². The predicted octanol–water partition coefficient (Wildman–Crippen LogP) is 4.54. The van der Waals surface area contributed by atoms with Gasteiger partial charge in [0, 0.05) is 12.1 Å². The average Bonchev–Trinajstić information content (AvgIpc) is 2.55. The van der Waals surface area contributed by atoms with Gasteiger partial charge in [0.1, 0.15) is 5.75 Å². The highest BCUT2D eigenvalue weighted by Crippen LogP contribution is 2.32. The molecule has 1 aromatic carbocycles. The second kappa shape index (κ2) is 8.42. The van der Waals surface area contributed by atoms with Crippen molar-refractivity contribution in [1.29, 1.82) is 5.26 Å². The van der Waals surface area contributed by atoms with Gasteiger partial charge >= 0.3 is 5.97 Å². The second-order valence-electron chi connectivity index (χ2n) is 5.82. The summed E-state index contributed by atoms with van der Waals surface area (Å²) in [6.45, 7) is 0. The average molecular weight is 319 g/mol. The molecule has 0 N–H and O–H groups in total. The lowest BCUT2D eigenvalue weighted by Crippen LogP contribution is -2.25. The van der Waals surface area contributed by atoms with Crippen LogP contribution in [0.2, 0.25) is 0 Å². The zero-order chi connectivity index (χ0) is 16.7. The molecule has 3 nitrogen and oxygen atoms in total. The number of hydrogen-bond acceptors (Lipinski definition) is 3. The number of carbonyl (C=O) groups excluding carboxylic acids is 1. The molecule has 0 amide bonds. The third kappa shape index (κ3) is 5.17. The normalized spacial score (nSPS) is 21.1. The third-order valence-electron chi connectivity index (χ3n) is 4.22. The third-order valence-corrected chi connectivity index (χ3v) is 4.22. The number of nitriles is 1. The molecule has 0 spiro atoms. The summed E-state index contributed by atoms with van der Waals surface area (Å²) >= 11 is 0. The van der Waals surface area contributed by atoms with Gasteiger partial charge in [-0.3, -0.25) is 4.79 Å². The molecule has 0 radical (unpaired) electrons. The molecule has 0 aromatic heterocycles. The van der Waals surface area contributed by atoms with Gasteiger partial charge in [-0.1, -0.05) is 6.08 Å². The lowest BCUT2D eigenvalue weighted by molar-refractivity contribution is -0.140. The molecule has 1 aliphatic rings. The first kappa shape index (κ1) is 17.1. The summed E-state index contributed by atoms with van der Waals surface area (Å²) in [7, 11) is 0. The van der Waals surface area contributed by atoms with Crippen LogP contribution >= 0.6 is 0 Å². The molecule has 23 heavy (non-hydrogen) atoms. The Morgan fingerprint density at radius 1 is 1.26 bits per heavy atom. The molecular weight excluding hydrogens is 300 g/mol. The highest BCUT2D eigenvalue weighted by molar-refractivity contribution is 5.75. The van der Waals surface area contributed by atoms with Crippen molar-refractivity contribution in [2.75, 3.05) is 0 Å². The lowest BCUT2D eigenvalue weighted by atomic mass is 9.80. The lowest BCUT2D eigenvalue weighted by Gasteiger charge is -2.26. The monoisotopic (exact) mass is 319 g/mol. The number of ether oxygens (including phenoxy) is 1. The molecule has 0 saturated heterocycles. The molecule has 1 aliphatic carbocycles. The first-order valence-electron chi connectivity index (χ1n) is 7.81. The van der Waals surface area contributed by atoms with Crippen molar-refractivity contribution in [3.8, 4) is 11.8 Å². The molecule has 0 aliphatic heterocycles. The molecule has 0 heterocycles. The molecule has 0 unspecified atom stereocenters. The largest absolute Gasteiger partial charge is 0.426 e. The SMILES string of the molecule is N#CC=CCC[C@H]1CC[C@H](C(=O)Oc2ccc(F)c(F)c2)CC1. The van der Waals surface area contributed by atoms with Crippen LogP contribution < -0.4 is 4.74 Å². The van der Waals surface area contributed by atoms with E-state index in [9.17, 15) is 13.6 Å². The van der Waals surface area contributed by atoms with Crippen molar-refractivity contribution in [3.63, 3.8) is 0 Å². The van der Waals surface area contributed by atoms with Gasteiger partial charge in [-0.2, -0.15) is 5.26 Å². The Bertz CT molecular complexity index is 614. The van der Waals surface area contributed by atoms with Gasteiger partial charge in [0.25, 0.3) is 0 Å². The quantitative estimate of drug-likeness (QED) is 0.455. The van der Waals surface area contributed by atoms with Crippen LogP contribution in [0.15, 0.2) is 30.4 Å². The standard InChI is InChI=1S/C18H19F2NO2/c19-16-10-9-15(12-17(16)20)23-18(22)14-7-5-13(6-8-14)4-2-1-3-11-21/h1,3,9-10,12-14H,2,4-8H2/t13-,14-. The van der Waals surface area contributed by atoms with Crippen molar-refractivity contribution >= 4 is 5.97 Å². The zero-order valence-electron chi connectivity index (χ0n) is 12.8. The molecule has 1 aromatic rings. The van der Waals surface area contributed by atoms with E-state index in [1.807, 2.05) is 12.1 Å². The maximum Gasteiger partial charge on any atom is 0.314 e. The number of carbonyl (C=O) groups is 1. The Labute approximate surface area is 134 Å². The van der Waals surface area contributed by atoms with Gasteiger partial charge in [0.2, 0.25) is 0 Å². The van der Waals surface area contributed by atoms with Gasteiger partial charge in [0.05, 0.1) is 12.0 Å². The number of halogens is 2. The van der Waals surface area contributed by atoms with E-state index < -0.39 is 11.6 Å². The van der Waals surface area contributed by atoms with Crippen molar-refractivity contribution in [2.24, 2.45) is 11.8 Å². The van der Waals surface area contributed by atoms with E-state index in [1.54, 1.807) is 0 Å². The van der Waals surface area contributed by atoms with Gasteiger partial charge in [-0.15, -0.1) is 0 Å². The molecule has 1 fully saturated rings. The van der Waals surface area contributed by atoms with Crippen molar-refractivity contribution < 1.29 is 18.3 Å². The number of esters is 1. The minimum absolute atomic E-state index is 0.0395. The van der Waals surface area contributed by atoms with Crippen molar-refractivity contribution in [2.45, 2.75) is 38.5 Å². The number of benzene rings is 1. The Morgan fingerprint density at radius 2 is 2.00 bits per heavy atom. The summed E-state index contributed by atoms with van der Waals surface area (Å²) < 4.78 is 31.1. The highest BCUT2D eigenvalue weighted by atomic mass is 19.2. The summed E-state index contributed by atoms with van der Waals surface area (Å²) in [4.78, 5) is 12.1. The van der Waals surface area contributed by atoms with Crippen LogP contribution in [0.25, 0.3) is 0 Å². The fourth-order valence-corrected chi connectivity index (χ4v) is 2.89. The van der Waals surface area contributed by atoms with Gasteiger partial charge < -0.3 is 4.74 Å². The zero-order valence-corrected chi connectivity index (χ0v) is 12.8. The summed E-state index contributed by atoms with van der Waals surface area (Å²) in [6, 6.07) is 5.06. The van der Waals surface area contributed by atoms with E-state index in [4.69, 9.17) is 10.00 Å². The van der Waals surface area contributed by atoms with Gasteiger partial charge in [0.15, 0.2) is 11.6 Å². The van der Waals surface area contributed by atoms with Crippen LogP contribution in [0.1, 0.15) is 38.5 Å². The molecular formula is C18H19F2NO2. The highest BCUT2D eigenvalue weighted by Gasteiger charge is 2.27. The van der Waals surface area contributed by atoms with E-state index in [0.29, 0.717) is 5.92 Å². The summed E-state index contributed by atoms with van der Waals surface area (Å²) in [5, 5.41) is 8.42. The fourth-order valence-electron chi connectivity index (χ4n) is 2.89. The predicted molar refractivity (Wildman–Crippen MR) is 81.4 cm³/mol. The smallest absolute Gasteiger partial charge is 0.314 e. The van der Waals surface area contributed by atoms with E-state index in [-0.39, 0.29) is 17.6 Å². The molecule has 0 atom stereocenters. The van der Waals surface area contributed by atoms with E-state index in [1.165, 1.54) is 12.1 Å². The van der Waals surface area contributed by atoms with E-state index in [2.05, 4.69) is 0 Å². The first-order chi connectivity index (χ1) is 11.1. The molecule has 1 saturated carbocycles. The van der Waals surface area contributed by atoms with Crippen molar-refractivity contribution in [3.05, 3.63) is 42.0 Å². The summed E-state index contributed by atoms with van der Waals surface area (Å²) in [5.74, 6) is -1.95. The molecule has 0 bridgehead atoms. The van der Waals surface area contributed by atoms with Crippen LogP contribution in [0.4, 0.5) is 8.78 Å². The Kier molecular flexibility index (Phi) is 6.28. The maximum atomic E-state index is 13.1. The van der Waals surface area contributed by atoms with E-state index >= 15 is 0 Å². The van der Waals surface area contributed by atoms with Crippen LogP contribution in [0.3, 0.4) is 0 Å². The minimum Gasteiger partial charge on any atom is -0.426 e. The minimum atomic E-state index is -1.02.